The Bertz CT molecular complexity index is 744. The van der Waals surface area contributed by atoms with Crippen molar-refractivity contribution < 1.29 is 9.59 Å². The Morgan fingerprint density at radius 1 is 1.21 bits per heavy atom. The molecule has 0 saturated carbocycles. The maximum atomic E-state index is 12.6. The van der Waals surface area contributed by atoms with Crippen molar-refractivity contribution in [1.82, 2.24) is 4.90 Å². The molecule has 0 bridgehead atoms. The van der Waals surface area contributed by atoms with Crippen molar-refractivity contribution in [2.24, 2.45) is 5.41 Å². The molecule has 1 N–H and O–H groups in total. The molecule has 5 heteroatoms. The van der Waals surface area contributed by atoms with Crippen LogP contribution < -0.4 is 5.32 Å². The van der Waals surface area contributed by atoms with Crippen LogP contribution in [0.15, 0.2) is 35.7 Å². The lowest BCUT2D eigenvalue weighted by Crippen LogP contribution is -2.28. The van der Waals surface area contributed by atoms with Gasteiger partial charge in [0.15, 0.2) is 0 Å². The zero-order valence-corrected chi connectivity index (χ0v) is 15.7. The minimum Gasteiger partial charge on any atom is -0.337 e. The summed E-state index contributed by atoms with van der Waals surface area (Å²) in [5, 5.41) is 4.90. The normalized spacial score (nSPS) is 11.2. The number of anilines is 1. The van der Waals surface area contributed by atoms with Crippen molar-refractivity contribution in [3.8, 4) is 0 Å². The third kappa shape index (κ3) is 4.45. The number of rotatable bonds is 4. The summed E-state index contributed by atoms with van der Waals surface area (Å²) in [7, 11) is 1.79. The molecule has 0 spiro atoms. The molecule has 1 aromatic carbocycles. The number of nitrogens with zero attached hydrogens (tertiary/aromatic N) is 1. The average molecular weight is 344 g/mol. The van der Waals surface area contributed by atoms with Crippen LogP contribution in [-0.2, 0) is 11.3 Å². The largest absolute Gasteiger partial charge is 0.337 e. The molecule has 128 valence electrons. The molecule has 0 aliphatic heterocycles. The van der Waals surface area contributed by atoms with E-state index in [9.17, 15) is 9.59 Å². The molecule has 24 heavy (non-hydrogen) atoms. The summed E-state index contributed by atoms with van der Waals surface area (Å²) >= 11 is 1.65. The Kier molecular flexibility index (Phi) is 5.44. The van der Waals surface area contributed by atoms with Gasteiger partial charge in [-0.2, -0.15) is 0 Å². The SMILES string of the molecule is Cc1ccsc1CN(C)C(=O)c1cccc(NC(=O)C(C)(C)C)c1. The van der Waals surface area contributed by atoms with Gasteiger partial charge in [0, 0.05) is 28.6 Å². The van der Waals surface area contributed by atoms with Gasteiger partial charge in [0.05, 0.1) is 6.54 Å². The average Bonchev–Trinajstić information content (AvgIpc) is 2.91. The highest BCUT2D eigenvalue weighted by atomic mass is 32.1. The maximum Gasteiger partial charge on any atom is 0.253 e. The summed E-state index contributed by atoms with van der Waals surface area (Å²) in [5.41, 5.74) is 1.93. The van der Waals surface area contributed by atoms with Gasteiger partial charge in [-0.05, 0) is 42.1 Å². The van der Waals surface area contributed by atoms with Crippen LogP contribution in [0.3, 0.4) is 0 Å². The zero-order valence-electron chi connectivity index (χ0n) is 14.8. The Balaban J connectivity index is 2.11. The number of carbonyl (C=O) groups is 2. The monoisotopic (exact) mass is 344 g/mol. The molecule has 4 nitrogen and oxygen atoms in total. The maximum absolute atomic E-state index is 12.6. The van der Waals surface area contributed by atoms with Crippen LogP contribution in [0.4, 0.5) is 5.69 Å². The van der Waals surface area contributed by atoms with Crippen molar-refractivity contribution in [2.75, 3.05) is 12.4 Å². The summed E-state index contributed by atoms with van der Waals surface area (Å²) in [5.74, 6) is -0.135. The Morgan fingerprint density at radius 3 is 2.50 bits per heavy atom. The van der Waals surface area contributed by atoms with Crippen LogP contribution in [0.1, 0.15) is 41.6 Å². The Labute approximate surface area is 147 Å². The first-order chi connectivity index (χ1) is 11.2. The summed E-state index contributed by atoms with van der Waals surface area (Å²) in [6.07, 6.45) is 0. The smallest absolute Gasteiger partial charge is 0.253 e. The summed E-state index contributed by atoms with van der Waals surface area (Å²) in [6.45, 7) is 8.20. The van der Waals surface area contributed by atoms with Gasteiger partial charge in [-0.15, -0.1) is 11.3 Å². The lowest BCUT2D eigenvalue weighted by Gasteiger charge is -2.19. The summed E-state index contributed by atoms with van der Waals surface area (Å²) in [6, 6.07) is 9.14. The first kappa shape index (κ1) is 18.2. The number of hydrogen-bond acceptors (Lipinski definition) is 3. The van der Waals surface area contributed by atoms with Crippen LogP contribution in [0.2, 0.25) is 0 Å². The molecule has 2 rings (SSSR count). The van der Waals surface area contributed by atoms with Gasteiger partial charge in [-0.3, -0.25) is 9.59 Å². The Hall–Kier alpha value is -2.14. The van der Waals surface area contributed by atoms with E-state index in [1.165, 1.54) is 10.4 Å². The topological polar surface area (TPSA) is 49.4 Å². The van der Waals surface area contributed by atoms with Gasteiger partial charge in [0.25, 0.3) is 5.91 Å². The van der Waals surface area contributed by atoms with Crippen molar-refractivity contribution in [3.05, 3.63) is 51.7 Å². The van der Waals surface area contributed by atoms with Crippen LogP contribution >= 0.6 is 11.3 Å². The number of benzene rings is 1. The molecule has 2 aromatic rings. The molecule has 0 atom stereocenters. The Morgan fingerprint density at radius 2 is 1.92 bits per heavy atom. The predicted octanol–water partition coefficient (Wildman–Crippen LogP) is 4.31. The van der Waals surface area contributed by atoms with Crippen LogP contribution in [0, 0.1) is 12.3 Å². The highest BCUT2D eigenvalue weighted by Gasteiger charge is 2.21. The fourth-order valence-electron chi connectivity index (χ4n) is 2.12. The van der Waals surface area contributed by atoms with E-state index in [-0.39, 0.29) is 11.8 Å². The lowest BCUT2D eigenvalue weighted by molar-refractivity contribution is -0.123. The van der Waals surface area contributed by atoms with Gasteiger partial charge >= 0.3 is 0 Å². The molecule has 0 aliphatic carbocycles. The van der Waals surface area contributed by atoms with E-state index in [4.69, 9.17) is 0 Å². The number of aryl methyl sites for hydroxylation is 1. The number of amides is 2. The van der Waals surface area contributed by atoms with Gasteiger partial charge < -0.3 is 10.2 Å². The molecule has 0 aliphatic rings. The molecule has 0 radical (unpaired) electrons. The first-order valence-electron chi connectivity index (χ1n) is 7.88. The predicted molar refractivity (Wildman–Crippen MR) is 99.4 cm³/mol. The number of thiophene rings is 1. The fourth-order valence-corrected chi connectivity index (χ4v) is 3.08. The molecule has 1 heterocycles. The van der Waals surface area contributed by atoms with Gasteiger partial charge in [-0.25, -0.2) is 0 Å². The number of hydrogen-bond donors (Lipinski definition) is 1. The van der Waals surface area contributed by atoms with E-state index in [1.54, 1.807) is 47.5 Å². The third-order valence-electron chi connectivity index (χ3n) is 3.74. The van der Waals surface area contributed by atoms with E-state index in [0.717, 1.165) is 0 Å². The summed E-state index contributed by atoms with van der Waals surface area (Å²) in [4.78, 5) is 27.6. The molecular weight excluding hydrogens is 320 g/mol. The van der Waals surface area contributed by atoms with Gasteiger partial charge in [0.2, 0.25) is 5.91 Å². The van der Waals surface area contributed by atoms with E-state index in [2.05, 4.69) is 11.4 Å². The van der Waals surface area contributed by atoms with Gasteiger partial charge in [0.1, 0.15) is 0 Å². The second kappa shape index (κ2) is 7.18. The molecule has 0 unspecified atom stereocenters. The van der Waals surface area contributed by atoms with Crippen molar-refractivity contribution in [1.29, 1.82) is 0 Å². The molecule has 0 saturated heterocycles. The molecule has 1 aromatic heterocycles. The summed E-state index contributed by atoms with van der Waals surface area (Å²) < 4.78 is 0. The molecular formula is C19H24N2O2S. The third-order valence-corrected chi connectivity index (χ3v) is 4.75. The van der Waals surface area contributed by atoms with Crippen molar-refractivity contribution in [3.63, 3.8) is 0 Å². The lowest BCUT2D eigenvalue weighted by atomic mass is 9.95. The molecule has 0 fully saturated rings. The van der Waals surface area contributed by atoms with Crippen LogP contribution in [0.5, 0.6) is 0 Å². The molecule has 2 amide bonds. The van der Waals surface area contributed by atoms with E-state index in [1.807, 2.05) is 33.1 Å². The van der Waals surface area contributed by atoms with E-state index in [0.29, 0.717) is 17.8 Å². The first-order valence-corrected chi connectivity index (χ1v) is 8.76. The van der Waals surface area contributed by atoms with Crippen LogP contribution in [0.25, 0.3) is 0 Å². The highest BCUT2D eigenvalue weighted by Crippen LogP contribution is 2.21. The number of nitrogens with one attached hydrogen (secondary N) is 1. The second-order valence-electron chi connectivity index (χ2n) is 6.97. The quantitative estimate of drug-likeness (QED) is 0.898. The van der Waals surface area contributed by atoms with Crippen molar-refractivity contribution in [2.45, 2.75) is 34.2 Å². The second-order valence-corrected chi connectivity index (χ2v) is 7.97. The van der Waals surface area contributed by atoms with Crippen molar-refractivity contribution >= 4 is 28.8 Å². The van der Waals surface area contributed by atoms with Gasteiger partial charge in [-0.1, -0.05) is 26.8 Å². The van der Waals surface area contributed by atoms with E-state index >= 15 is 0 Å². The minimum atomic E-state index is -0.479. The highest BCUT2D eigenvalue weighted by molar-refractivity contribution is 7.10. The number of carbonyl (C=O) groups excluding carboxylic acids is 2. The standard InChI is InChI=1S/C19H24N2O2S/c1-13-9-10-24-16(13)12-21(5)17(22)14-7-6-8-15(11-14)20-18(23)19(2,3)4/h6-11H,12H2,1-5H3,(H,20,23). The van der Waals surface area contributed by atoms with Crippen LogP contribution in [-0.4, -0.2) is 23.8 Å². The minimum absolute atomic E-state index is 0.0605. The zero-order chi connectivity index (χ0) is 17.9. The fraction of sp³-hybridized carbons (Fsp3) is 0.368. The van der Waals surface area contributed by atoms with E-state index < -0.39 is 5.41 Å².